The second-order valence-electron chi connectivity index (χ2n) is 5.10. The molecule has 0 atom stereocenters. The van der Waals surface area contributed by atoms with E-state index < -0.39 is 10.8 Å². The molecule has 2 rings (SSSR count). The van der Waals surface area contributed by atoms with E-state index in [1.165, 1.54) is 0 Å². The van der Waals surface area contributed by atoms with Gasteiger partial charge in [-0.2, -0.15) is 5.10 Å². The highest BCUT2D eigenvalue weighted by Crippen LogP contribution is 2.28. The van der Waals surface area contributed by atoms with Crippen LogP contribution >= 0.6 is 0 Å². The van der Waals surface area contributed by atoms with E-state index in [1.54, 1.807) is 29.8 Å². The average molecular weight is 317 g/mol. The zero-order valence-corrected chi connectivity index (χ0v) is 13.1. The molecule has 0 fully saturated rings. The number of hydrogen-bond donors (Lipinski definition) is 2. The van der Waals surface area contributed by atoms with E-state index >= 15 is 0 Å². The van der Waals surface area contributed by atoms with E-state index in [0.717, 1.165) is 5.56 Å². The molecule has 0 aliphatic carbocycles. The fourth-order valence-corrected chi connectivity index (χ4v) is 2.40. The number of carbonyl (C=O) groups is 1. The molecule has 0 spiro atoms. The Morgan fingerprint density at radius 3 is 2.83 bits per heavy atom. The van der Waals surface area contributed by atoms with Crippen LogP contribution in [0.1, 0.15) is 28.5 Å². The smallest absolute Gasteiger partial charge is 0.333 e. The number of nitrogens with two attached hydrogens (primary N) is 1. The van der Waals surface area contributed by atoms with Crippen molar-refractivity contribution in [1.29, 1.82) is 0 Å². The number of nitrogens with zero attached hydrogens (tertiary/aromatic N) is 3. The van der Waals surface area contributed by atoms with E-state index in [-0.39, 0.29) is 5.69 Å². The Kier molecular flexibility index (Phi) is 4.95. The van der Waals surface area contributed by atoms with Crippen molar-refractivity contribution in [3.05, 3.63) is 51.2 Å². The third-order valence-electron chi connectivity index (χ3n) is 3.50. The summed E-state index contributed by atoms with van der Waals surface area (Å²) in [6.45, 7) is 4.51. The van der Waals surface area contributed by atoms with Crippen molar-refractivity contribution in [2.24, 2.45) is 5.73 Å². The summed E-state index contributed by atoms with van der Waals surface area (Å²) in [5, 5.41) is 18.4. The Hall–Kier alpha value is -2.90. The van der Waals surface area contributed by atoms with E-state index in [1.807, 2.05) is 13.0 Å². The lowest BCUT2D eigenvalue weighted by Gasteiger charge is -2.08. The van der Waals surface area contributed by atoms with Crippen molar-refractivity contribution in [2.75, 3.05) is 11.9 Å². The lowest BCUT2D eigenvalue weighted by Crippen LogP contribution is -2.13. The molecule has 1 heterocycles. The van der Waals surface area contributed by atoms with Crippen LogP contribution in [0, 0.1) is 17.0 Å². The molecule has 0 radical (unpaired) electrons. The largest absolute Gasteiger partial charge is 0.366 e. The number of rotatable bonds is 7. The quantitative estimate of drug-likeness (QED) is 0.597. The Balaban J connectivity index is 2.11. The van der Waals surface area contributed by atoms with E-state index in [0.29, 0.717) is 36.6 Å². The van der Waals surface area contributed by atoms with Crippen LogP contribution in [0.2, 0.25) is 0 Å². The highest BCUT2D eigenvalue weighted by atomic mass is 16.6. The monoisotopic (exact) mass is 317 g/mol. The normalized spacial score (nSPS) is 10.5. The summed E-state index contributed by atoms with van der Waals surface area (Å²) in [6, 6.07) is 7.02. The second-order valence-corrected chi connectivity index (χ2v) is 5.10. The molecule has 122 valence electrons. The van der Waals surface area contributed by atoms with Crippen molar-refractivity contribution in [3.8, 4) is 0 Å². The number of carbonyl (C=O) groups excluding carboxylic acids is 1. The van der Waals surface area contributed by atoms with Gasteiger partial charge in [0, 0.05) is 18.7 Å². The van der Waals surface area contributed by atoms with Crippen LogP contribution in [0.25, 0.3) is 0 Å². The van der Waals surface area contributed by atoms with Crippen molar-refractivity contribution in [3.63, 3.8) is 0 Å². The highest BCUT2D eigenvalue weighted by Gasteiger charge is 2.24. The lowest BCUT2D eigenvalue weighted by molar-refractivity contribution is -0.384. The summed E-state index contributed by atoms with van der Waals surface area (Å²) in [5.74, 6) is -0.0730. The van der Waals surface area contributed by atoms with Gasteiger partial charge < -0.3 is 11.1 Å². The first-order chi connectivity index (χ1) is 10.9. The molecule has 2 aromatic rings. The maximum atomic E-state index is 11.2. The van der Waals surface area contributed by atoms with E-state index in [9.17, 15) is 14.9 Å². The third-order valence-corrected chi connectivity index (χ3v) is 3.50. The van der Waals surface area contributed by atoms with Crippen LogP contribution < -0.4 is 11.1 Å². The summed E-state index contributed by atoms with van der Waals surface area (Å²) >= 11 is 0. The van der Waals surface area contributed by atoms with Gasteiger partial charge in [0.2, 0.25) is 11.7 Å². The Morgan fingerprint density at radius 1 is 1.48 bits per heavy atom. The minimum absolute atomic E-state index is 0.00210. The van der Waals surface area contributed by atoms with Crippen LogP contribution in [0.3, 0.4) is 0 Å². The summed E-state index contributed by atoms with van der Waals surface area (Å²) in [5.41, 5.74) is 7.01. The molecule has 0 bridgehead atoms. The number of hydrogen-bond acceptors (Lipinski definition) is 5. The molecule has 0 aliphatic heterocycles. The highest BCUT2D eigenvalue weighted by molar-refractivity contribution is 5.92. The summed E-state index contributed by atoms with van der Waals surface area (Å²) < 4.78 is 1.58. The minimum atomic E-state index is -0.477. The molecule has 23 heavy (non-hydrogen) atoms. The first-order valence-corrected chi connectivity index (χ1v) is 7.28. The van der Waals surface area contributed by atoms with Gasteiger partial charge >= 0.3 is 5.69 Å². The number of amides is 1. The summed E-state index contributed by atoms with van der Waals surface area (Å²) in [6.07, 6.45) is 0.603. The van der Waals surface area contributed by atoms with E-state index in [4.69, 9.17) is 5.73 Å². The Labute approximate surface area is 133 Å². The van der Waals surface area contributed by atoms with Crippen LogP contribution in [-0.4, -0.2) is 27.2 Å². The molecule has 8 heteroatoms. The number of anilines is 1. The maximum absolute atomic E-state index is 11.2. The topological polar surface area (TPSA) is 116 Å². The Morgan fingerprint density at radius 2 is 2.22 bits per heavy atom. The first-order valence-electron chi connectivity index (χ1n) is 7.28. The minimum Gasteiger partial charge on any atom is -0.366 e. The van der Waals surface area contributed by atoms with Crippen molar-refractivity contribution in [1.82, 2.24) is 9.78 Å². The third kappa shape index (κ3) is 3.65. The molecular weight excluding hydrogens is 298 g/mol. The number of nitro groups is 1. The fraction of sp³-hybridized carbons (Fsp3) is 0.333. The molecular formula is C15H19N5O3. The zero-order valence-electron chi connectivity index (χ0n) is 13.1. The summed E-state index contributed by atoms with van der Waals surface area (Å²) in [4.78, 5) is 21.9. The van der Waals surface area contributed by atoms with Crippen LogP contribution in [0.5, 0.6) is 0 Å². The number of aryl methyl sites for hydroxylation is 2. The molecule has 1 amide bonds. The van der Waals surface area contributed by atoms with Crippen molar-refractivity contribution < 1.29 is 9.72 Å². The number of benzene rings is 1. The molecule has 8 nitrogen and oxygen atoms in total. The molecule has 3 N–H and O–H groups in total. The molecule has 0 saturated heterocycles. The van der Waals surface area contributed by atoms with Crippen molar-refractivity contribution >= 4 is 17.4 Å². The van der Waals surface area contributed by atoms with Gasteiger partial charge in [-0.15, -0.1) is 0 Å². The van der Waals surface area contributed by atoms with Crippen LogP contribution in [0.4, 0.5) is 11.5 Å². The number of primary amides is 1. The molecule has 1 aromatic heterocycles. The van der Waals surface area contributed by atoms with Gasteiger partial charge in [0.25, 0.3) is 0 Å². The second kappa shape index (κ2) is 6.91. The van der Waals surface area contributed by atoms with Gasteiger partial charge in [-0.25, -0.2) is 4.68 Å². The SMILES string of the molecule is CCn1nc(C)c([N+](=O)[O-])c1NCCc1cccc(C(N)=O)c1. The molecule has 0 unspecified atom stereocenters. The zero-order chi connectivity index (χ0) is 17.0. The van der Waals surface area contributed by atoms with Crippen LogP contribution in [0.15, 0.2) is 24.3 Å². The van der Waals surface area contributed by atoms with Crippen LogP contribution in [-0.2, 0) is 13.0 Å². The van der Waals surface area contributed by atoms with Gasteiger partial charge in [0.15, 0.2) is 0 Å². The van der Waals surface area contributed by atoms with Gasteiger partial charge in [0.05, 0.1) is 4.92 Å². The Bertz CT molecular complexity index is 739. The molecule has 0 saturated carbocycles. The maximum Gasteiger partial charge on any atom is 0.333 e. The fourth-order valence-electron chi connectivity index (χ4n) is 2.40. The van der Waals surface area contributed by atoms with Crippen molar-refractivity contribution in [2.45, 2.75) is 26.8 Å². The average Bonchev–Trinajstić information content (AvgIpc) is 2.83. The molecule has 0 aliphatic rings. The number of nitrogens with one attached hydrogen (secondary N) is 1. The van der Waals surface area contributed by atoms with Gasteiger partial charge in [-0.3, -0.25) is 14.9 Å². The standard InChI is InChI=1S/C15H19N5O3/c1-3-19-15(13(20(22)23)10(2)18-19)17-8-7-11-5-4-6-12(9-11)14(16)21/h4-6,9,17H,3,7-8H2,1-2H3,(H2,16,21). The van der Waals surface area contributed by atoms with Gasteiger partial charge in [0.1, 0.15) is 5.69 Å². The van der Waals surface area contributed by atoms with Gasteiger partial charge in [-0.1, -0.05) is 12.1 Å². The predicted molar refractivity (Wildman–Crippen MR) is 86.4 cm³/mol. The number of aromatic nitrogens is 2. The first kappa shape index (κ1) is 16.5. The van der Waals surface area contributed by atoms with E-state index in [2.05, 4.69) is 10.4 Å². The lowest BCUT2D eigenvalue weighted by atomic mass is 10.1. The predicted octanol–water partition coefficient (Wildman–Crippen LogP) is 1.87. The summed E-state index contributed by atoms with van der Waals surface area (Å²) in [7, 11) is 0. The van der Waals surface area contributed by atoms with Gasteiger partial charge in [-0.05, 0) is 38.0 Å². The molecule has 1 aromatic carbocycles.